The van der Waals surface area contributed by atoms with Crippen molar-refractivity contribution in [2.45, 2.75) is 19.8 Å². The summed E-state index contributed by atoms with van der Waals surface area (Å²) in [6.07, 6.45) is 1.68. The van der Waals surface area contributed by atoms with E-state index in [-0.39, 0.29) is 5.91 Å². The lowest BCUT2D eigenvalue weighted by atomic mass is 10.1. The molecule has 0 aliphatic carbocycles. The lowest BCUT2D eigenvalue weighted by Gasteiger charge is -2.06. The number of anilines is 1. The second-order valence-corrected chi connectivity index (χ2v) is 7.12. The van der Waals surface area contributed by atoms with Crippen molar-refractivity contribution in [2.24, 2.45) is 0 Å². The SMILES string of the molecule is COC(=O)c1cccc(NC(=O)c2sc(CCc3ccccc3)nc2C)c1. The number of esters is 1. The third-order valence-corrected chi connectivity index (χ3v) is 5.27. The average Bonchev–Trinajstić information content (AvgIpc) is 3.07. The summed E-state index contributed by atoms with van der Waals surface area (Å²) in [5.41, 5.74) is 2.89. The number of ether oxygens (including phenoxy) is 1. The van der Waals surface area contributed by atoms with Gasteiger partial charge in [0.1, 0.15) is 4.88 Å². The van der Waals surface area contributed by atoms with Crippen LogP contribution < -0.4 is 5.32 Å². The Hall–Kier alpha value is -2.99. The maximum atomic E-state index is 12.6. The molecule has 0 spiro atoms. The molecule has 0 fully saturated rings. The van der Waals surface area contributed by atoms with Gasteiger partial charge in [-0.2, -0.15) is 0 Å². The van der Waals surface area contributed by atoms with E-state index >= 15 is 0 Å². The number of hydrogen-bond donors (Lipinski definition) is 1. The first-order valence-electron chi connectivity index (χ1n) is 8.57. The van der Waals surface area contributed by atoms with Gasteiger partial charge in [-0.05, 0) is 37.1 Å². The second kappa shape index (κ2) is 8.60. The van der Waals surface area contributed by atoms with Crippen LogP contribution in [0.5, 0.6) is 0 Å². The average molecular weight is 380 g/mol. The molecule has 0 radical (unpaired) electrons. The van der Waals surface area contributed by atoms with Crippen molar-refractivity contribution < 1.29 is 14.3 Å². The van der Waals surface area contributed by atoms with Gasteiger partial charge >= 0.3 is 5.97 Å². The van der Waals surface area contributed by atoms with Crippen LogP contribution in [0.1, 0.15) is 36.3 Å². The maximum absolute atomic E-state index is 12.6. The van der Waals surface area contributed by atoms with Crippen LogP contribution >= 0.6 is 11.3 Å². The highest BCUT2D eigenvalue weighted by Gasteiger charge is 2.16. The molecule has 6 heteroatoms. The van der Waals surface area contributed by atoms with E-state index in [1.54, 1.807) is 24.3 Å². The molecule has 0 aliphatic rings. The summed E-state index contributed by atoms with van der Waals surface area (Å²) < 4.78 is 4.71. The molecule has 1 amide bonds. The summed E-state index contributed by atoms with van der Waals surface area (Å²) in [6, 6.07) is 16.9. The van der Waals surface area contributed by atoms with E-state index < -0.39 is 5.97 Å². The van der Waals surface area contributed by atoms with Gasteiger partial charge in [-0.25, -0.2) is 9.78 Å². The Morgan fingerprint density at radius 2 is 1.85 bits per heavy atom. The molecule has 0 saturated carbocycles. The molecular formula is C21H20N2O3S. The number of benzene rings is 2. The molecule has 5 nitrogen and oxygen atoms in total. The summed E-state index contributed by atoms with van der Waals surface area (Å²) in [6.45, 7) is 1.84. The van der Waals surface area contributed by atoms with Gasteiger partial charge in [-0.1, -0.05) is 36.4 Å². The van der Waals surface area contributed by atoms with Crippen LogP contribution in [0, 0.1) is 6.92 Å². The zero-order valence-corrected chi connectivity index (χ0v) is 16.0. The smallest absolute Gasteiger partial charge is 0.337 e. The molecule has 27 heavy (non-hydrogen) atoms. The summed E-state index contributed by atoms with van der Waals surface area (Å²) in [4.78, 5) is 29.4. The number of thiazole rings is 1. The Morgan fingerprint density at radius 3 is 2.59 bits per heavy atom. The second-order valence-electron chi connectivity index (χ2n) is 6.03. The molecule has 1 aromatic heterocycles. The summed E-state index contributed by atoms with van der Waals surface area (Å²) >= 11 is 1.41. The minimum absolute atomic E-state index is 0.224. The molecule has 0 bridgehead atoms. The van der Waals surface area contributed by atoms with E-state index in [1.165, 1.54) is 24.0 Å². The number of aromatic nitrogens is 1. The van der Waals surface area contributed by atoms with E-state index in [9.17, 15) is 9.59 Å². The summed E-state index contributed by atoms with van der Waals surface area (Å²) in [7, 11) is 1.32. The molecule has 0 aliphatic heterocycles. The number of amides is 1. The highest BCUT2D eigenvalue weighted by molar-refractivity contribution is 7.13. The number of nitrogens with zero attached hydrogens (tertiary/aromatic N) is 1. The monoisotopic (exact) mass is 380 g/mol. The maximum Gasteiger partial charge on any atom is 0.337 e. The topological polar surface area (TPSA) is 68.3 Å². The Balaban J connectivity index is 1.68. The lowest BCUT2D eigenvalue weighted by Crippen LogP contribution is -2.12. The summed E-state index contributed by atoms with van der Waals surface area (Å²) in [5, 5.41) is 3.76. The van der Waals surface area contributed by atoms with E-state index in [1.807, 2.05) is 25.1 Å². The van der Waals surface area contributed by atoms with Crippen LogP contribution in [0.2, 0.25) is 0 Å². The number of methoxy groups -OCH3 is 1. The number of nitrogens with one attached hydrogen (secondary N) is 1. The fourth-order valence-corrected chi connectivity index (χ4v) is 3.65. The molecule has 0 unspecified atom stereocenters. The Labute approximate surface area is 162 Å². The third kappa shape index (κ3) is 4.80. The Kier molecular flexibility index (Phi) is 5.98. The van der Waals surface area contributed by atoms with Crippen molar-refractivity contribution in [3.05, 3.63) is 81.3 Å². The predicted octanol–water partition coefficient (Wildman–Crippen LogP) is 4.28. The Bertz CT molecular complexity index is 951. The van der Waals surface area contributed by atoms with Crippen molar-refractivity contribution in [3.63, 3.8) is 0 Å². The highest BCUT2D eigenvalue weighted by atomic mass is 32.1. The predicted molar refractivity (Wildman–Crippen MR) is 106 cm³/mol. The number of carbonyl (C=O) groups is 2. The minimum atomic E-state index is -0.441. The molecule has 0 saturated heterocycles. The molecule has 3 aromatic rings. The lowest BCUT2D eigenvalue weighted by molar-refractivity contribution is 0.0600. The van der Waals surface area contributed by atoms with Crippen LogP contribution in [0.15, 0.2) is 54.6 Å². The normalized spacial score (nSPS) is 10.4. The van der Waals surface area contributed by atoms with Gasteiger partial charge in [-0.3, -0.25) is 4.79 Å². The molecule has 1 N–H and O–H groups in total. The molecular weight excluding hydrogens is 360 g/mol. The molecule has 0 atom stereocenters. The number of hydrogen-bond acceptors (Lipinski definition) is 5. The fraction of sp³-hybridized carbons (Fsp3) is 0.190. The third-order valence-electron chi connectivity index (χ3n) is 4.06. The van der Waals surface area contributed by atoms with E-state index in [0.717, 1.165) is 17.8 Å². The van der Waals surface area contributed by atoms with Crippen LogP contribution in [-0.2, 0) is 17.6 Å². The number of aryl methyl sites for hydroxylation is 3. The van der Waals surface area contributed by atoms with Crippen molar-refractivity contribution in [1.82, 2.24) is 4.98 Å². The fourth-order valence-electron chi connectivity index (χ4n) is 2.70. The van der Waals surface area contributed by atoms with Gasteiger partial charge in [0, 0.05) is 12.1 Å². The molecule has 3 rings (SSSR count). The highest BCUT2D eigenvalue weighted by Crippen LogP contribution is 2.22. The molecule has 138 valence electrons. The van der Waals surface area contributed by atoms with Crippen LogP contribution in [-0.4, -0.2) is 24.0 Å². The van der Waals surface area contributed by atoms with Crippen molar-refractivity contribution in [3.8, 4) is 0 Å². The van der Waals surface area contributed by atoms with Crippen LogP contribution in [0.4, 0.5) is 5.69 Å². The largest absolute Gasteiger partial charge is 0.465 e. The summed E-state index contributed by atoms with van der Waals surface area (Å²) in [5.74, 6) is -0.666. The molecule has 1 heterocycles. The van der Waals surface area contributed by atoms with E-state index in [0.29, 0.717) is 21.8 Å². The van der Waals surface area contributed by atoms with Crippen molar-refractivity contribution >= 4 is 28.9 Å². The van der Waals surface area contributed by atoms with Gasteiger partial charge in [0.25, 0.3) is 5.91 Å². The van der Waals surface area contributed by atoms with E-state index in [4.69, 9.17) is 4.74 Å². The first-order chi connectivity index (χ1) is 13.1. The Morgan fingerprint density at radius 1 is 1.07 bits per heavy atom. The zero-order valence-electron chi connectivity index (χ0n) is 15.2. The van der Waals surface area contributed by atoms with Gasteiger partial charge in [0.2, 0.25) is 0 Å². The van der Waals surface area contributed by atoms with Crippen LogP contribution in [0.3, 0.4) is 0 Å². The minimum Gasteiger partial charge on any atom is -0.465 e. The van der Waals surface area contributed by atoms with Crippen molar-refractivity contribution in [1.29, 1.82) is 0 Å². The first kappa shape index (κ1) is 18.8. The standard InChI is InChI=1S/C21H20N2O3S/c1-14-19(27-18(22-14)12-11-15-7-4-3-5-8-15)20(24)23-17-10-6-9-16(13-17)21(25)26-2/h3-10,13H,11-12H2,1-2H3,(H,23,24). The zero-order chi connectivity index (χ0) is 19.2. The van der Waals surface area contributed by atoms with E-state index in [2.05, 4.69) is 22.4 Å². The van der Waals surface area contributed by atoms with Crippen LogP contribution in [0.25, 0.3) is 0 Å². The first-order valence-corrected chi connectivity index (χ1v) is 9.38. The van der Waals surface area contributed by atoms with Gasteiger partial charge < -0.3 is 10.1 Å². The van der Waals surface area contributed by atoms with Gasteiger partial charge in [0.15, 0.2) is 0 Å². The molecule has 2 aromatic carbocycles. The van der Waals surface area contributed by atoms with Gasteiger partial charge in [0.05, 0.1) is 23.4 Å². The quantitative estimate of drug-likeness (QED) is 0.648. The van der Waals surface area contributed by atoms with Gasteiger partial charge in [-0.15, -0.1) is 11.3 Å². The van der Waals surface area contributed by atoms with Crippen molar-refractivity contribution in [2.75, 3.05) is 12.4 Å². The number of rotatable bonds is 6. The number of carbonyl (C=O) groups excluding carboxylic acids is 2.